The molecule has 0 bridgehead atoms. The van der Waals surface area contributed by atoms with Crippen molar-refractivity contribution in [2.75, 3.05) is 7.05 Å². The van der Waals surface area contributed by atoms with Gasteiger partial charge in [0.1, 0.15) is 0 Å². The molecule has 90 valence electrons. The number of rotatable bonds is 2. The molecule has 0 atom stereocenters. The molecule has 0 saturated carbocycles. The number of halogens is 1. The molecule has 0 saturated heterocycles. The zero-order chi connectivity index (χ0) is 12.6. The second kappa shape index (κ2) is 4.46. The highest BCUT2D eigenvalue weighted by atomic mass is 79.9. The third-order valence-electron chi connectivity index (χ3n) is 2.63. The number of aryl methyl sites for hydroxylation is 1. The van der Waals surface area contributed by atoms with Gasteiger partial charge in [0.15, 0.2) is 0 Å². The quantitative estimate of drug-likeness (QED) is 0.885. The van der Waals surface area contributed by atoms with Crippen molar-refractivity contribution >= 4 is 26.8 Å². The van der Waals surface area contributed by atoms with Gasteiger partial charge in [-0.25, -0.2) is 9.36 Å². The van der Waals surface area contributed by atoms with Gasteiger partial charge in [-0.1, -0.05) is 15.9 Å². The van der Waals surface area contributed by atoms with Crippen LogP contribution in [0.15, 0.2) is 32.3 Å². The van der Waals surface area contributed by atoms with Gasteiger partial charge in [0.05, 0.1) is 17.6 Å². The molecule has 0 spiro atoms. The summed E-state index contributed by atoms with van der Waals surface area (Å²) in [5.74, 6) is 0. The van der Waals surface area contributed by atoms with Crippen molar-refractivity contribution < 1.29 is 0 Å². The molecular weight excluding hydrogens is 286 g/mol. The third-order valence-corrected chi connectivity index (χ3v) is 3.12. The second-order valence-electron chi connectivity index (χ2n) is 3.75. The normalized spacial score (nSPS) is 11.0. The maximum atomic E-state index is 12.1. The molecule has 0 aliphatic heterocycles. The second-order valence-corrected chi connectivity index (χ2v) is 4.66. The lowest BCUT2D eigenvalue weighted by molar-refractivity contribution is 0.553. The van der Waals surface area contributed by atoms with E-state index in [0.717, 1.165) is 4.47 Å². The fraction of sp³-hybridized carbons (Fsp3) is 0.273. The Labute approximate surface area is 106 Å². The van der Waals surface area contributed by atoms with Crippen LogP contribution in [0.25, 0.3) is 10.9 Å². The molecule has 6 heteroatoms. The van der Waals surface area contributed by atoms with E-state index in [2.05, 4.69) is 21.2 Å². The minimum atomic E-state index is -0.324. The summed E-state index contributed by atoms with van der Waals surface area (Å²) in [6, 6.07) is 5.27. The molecule has 5 nitrogen and oxygen atoms in total. The summed E-state index contributed by atoms with van der Waals surface area (Å²) in [6.07, 6.45) is 0. The average Bonchev–Trinajstić information content (AvgIpc) is 2.32. The van der Waals surface area contributed by atoms with Crippen LogP contribution in [0, 0.1) is 0 Å². The number of aromatic nitrogens is 2. The van der Waals surface area contributed by atoms with Crippen LogP contribution in [0.3, 0.4) is 0 Å². The minimum absolute atomic E-state index is 0.206. The highest BCUT2D eigenvalue weighted by Crippen LogP contribution is 2.15. The number of nitrogens with one attached hydrogen (secondary N) is 1. The molecule has 0 amide bonds. The van der Waals surface area contributed by atoms with Crippen LogP contribution in [0.4, 0.5) is 0 Å². The maximum absolute atomic E-state index is 12.1. The lowest BCUT2D eigenvalue weighted by Crippen LogP contribution is -2.41. The van der Waals surface area contributed by atoms with Crippen LogP contribution in [-0.2, 0) is 13.7 Å². The smallest absolute Gasteiger partial charge is 0.302 e. The summed E-state index contributed by atoms with van der Waals surface area (Å²) < 4.78 is 3.49. The first kappa shape index (κ1) is 12.1. The number of benzene rings is 1. The fourth-order valence-electron chi connectivity index (χ4n) is 1.78. The van der Waals surface area contributed by atoms with Crippen LogP contribution in [0.1, 0.15) is 0 Å². The number of hydrogen-bond acceptors (Lipinski definition) is 3. The lowest BCUT2D eigenvalue weighted by Gasteiger charge is -2.10. The Morgan fingerprint density at radius 1 is 1.35 bits per heavy atom. The van der Waals surface area contributed by atoms with E-state index in [-0.39, 0.29) is 17.9 Å². The Balaban J connectivity index is 2.95. The van der Waals surface area contributed by atoms with E-state index in [9.17, 15) is 9.59 Å². The zero-order valence-electron chi connectivity index (χ0n) is 9.53. The van der Waals surface area contributed by atoms with Crippen LogP contribution < -0.4 is 16.6 Å². The van der Waals surface area contributed by atoms with Gasteiger partial charge < -0.3 is 5.32 Å². The molecule has 17 heavy (non-hydrogen) atoms. The first-order valence-corrected chi connectivity index (χ1v) is 5.89. The summed E-state index contributed by atoms with van der Waals surface area (Å²) in [5.41, 5.74) is 0.0293. The highest BCUT2D eigenvalue weighted by molar-refractivity contribution is 9.10. The summed E-state index contributed by atoms with van der Waals surface area (Å²) in [7, 11) is 3.35. The van der Waals surface area contributed by atoms with Gasteiger partial charge >= 0.3 is 5.69 Å². The molecule has 0 aliphatic rings. The molecule has 1 aromatic carbocycles. The van der Waals surface area contributed by atoms with Crippen LogP contribution in [0.2, 0.25) is 0 Å². The van der Waals surface area contributed by atoms with E-state index >= 15 is 0 Å². The van der Waals surface area contributed by atoms with E-state index in [1.165, 1.54) is 9.13 Å². The van der Waals surface area contributed by atoms with Gasteiger partial charge in [-0.05, 0) is 25.2 Å². The average molecular weight is 298 g/mol. The lowest BCUT2D eigenvalue weighted by atomic mass is 10.2. The largest absolute Gasteiger partial charge is 0.332 e. The van der Waals surface area contributed by atoms with Gasteiger partial charge in [-0.2, -0.15) is 0 Å². The standard InChI is InChI=1S/C11H12BrN3O2/c1-13-6-15-10(16)8-4-3-7(12)5-9(8)14(2)11(15)17/h3-5,13H,6H2,1-2H3. The van der Waals surface area contributed by atoms with Crippen LogP contribution >= 0.6 is 15.9 Å². The first-order chi connectivity index (χ1) is 8.06. The van der Waals surface area contributed by atoms with Gasteiger partial charge in [-0.3, -0.25) is 9.36 Å². The van der Waals surface area contributed by atoms with Gasteiger partial charge in [0, 0.05) is 11.5 Å². The highest BCUT2D eigenvalue weighted by Gasteiger charge is 2.10. The predicted octanol–water partition coefficient (Wildman–Crippen LogP) is 0.640. The van der Waals surface area contributed by atoms with Crippen molar-refractivity contribution in [3.8, 4) is 0 Å². The Hall–Kier alpha value is -1.40. The van der Waals surface area contributed by atoms with E-state index in [1.54, 1.807) is 32.3 Å². The van der Waals surface area contributed by atoms with E-state index in [1.807, 2.05) is 0 Å². The van der Waals surface area contributed by atoms with E-state index < -0.39 is 0 Å². The van der Waals surface area contributed by atoms with Crippen molar-refractivity contribution in [2.24, 2.45) is 7.05 Å². The van der Waals surface area contributed by atoms with E-state index in [4.69, 9.17) is 0 Å². The summed E-state index contributed by atoms with van der Waals surface area (Å²) in [5, 5.41) is 3.34. The molecule has 0 fully saturated rings. The predicted molar refractivity (Wildman–Crippen MR) is 70.2 cm³/mol. The zero-order valence-corrected chi connectivity index (χ0v) is 11.1. The topological polar surface area (TPSA) is 56.0 Å². The van der Waals surface area contributed by atoms with Crippen molar-refractivity contribution in [2.45, 2.75) is 6.67 Å². The van der Waals surface area contributed by atoms with E-state index in [0.29, 0.717) is 10.9 Å². The molecule has 1 N–H and O–H groups in total. The Morgan fingerprint density at radius 3 is 2.71 bits per heavy atom. The Bertz CT molecular complexity index is 687. The van der Waals surface area contributed by atoms with Gasteiger partial charge in [0.2, 0.25) is 0 Å². The summed E-state index contributed by atoms with van der Waals surface area (Å²) in [6.45, 7) is 0.206. The fourth-order valence-corrected chi connectivity index (χ4v) is 2.13. The van der Waals surface area contributed by atoms with Gasteiger partial charge in [0.25, 0.3) is 5.56 Å². The molecule has 2 rings (SSSR count). The first-order valence-electron chi connectivity index (χ1n) is 5.10. The van der Waals surface area contributed by atoms with Crippen molar-refractivity contribution in [3.63, 3.8) is 0 Å². The SMILES string of the molecule is CNCn1c(=O)c2ccc(Br)cc2n(C)c1=O. The molecular formula is C11H12BrN3O2. The molecule has 0 aliphatic carbocycles. The molecule has 0 unspecified atom stereocenters. The molecule has 1 heterocycles. The maximum Gasteiger partial charge on any atom is 0.332 e. The molecule has 2 aromatic rings. The summed E-state index contributed by atoms with van der Waals surface area (Å²) in [4.78, 5) is 24.1. The summed E-state index contributed by atoms with van der Waals surface area (Å²) >= 11 is 3.33. The third kappa shape index (κ3) is 1.94. The monoisotopic (exact) mass is 297 g/mol. The van der Waals surface area contributed by atoms with Crippen molar-refractivity contribution in [1.82, 2.24) is 14.5 Å². The van der Waals surface area contributed by atoms with Gasteiger partial charge in [-0.15, -0.1) is 0 Å². The number of hydrogen-bond donors (Lipinski definition) is 1. The number of nitrogens with zero attached hydrogens (tertiary/aromatic N) is 2. The van der Waals surface area contributed by atoms with Crippen LogP contribution in [-0.4, -0.2) is 16.2 Å². The molecule has 0 radical (unpaired) electrons. The van der Waals surface area contributed by atoms with Crippen molar-refractivity contribution in [1.29, 1.82) is 0 Å². The van der Waals surface area contributed by atoms with Crippen LogP contribution in [0.5, 0.6) is 0 Å². The van der Waals surface area contributed by atoms with Crippen molar-refractivity contribution in [3.05, 3.63) is 43.5 Å². The molecule has 1 aromatic heterocycles. The minimum Gasteiger partial charge on any atom is -0.302 e. The number of fused-ring (bicyclic) bond motifs is 1. The Morgan fingerprint density at radius 2 is 2.06 bits per heavy atom. The Kier molecular flexibility index (Phi) is 3.17.